The van der Waals surface area contributed by atoms with Gasteiger partial charge in [0, 0.05) is 13.6 Å². The molecule has 1 aliphatic rings. The molecule has 1 aromatic rings. The first-order valence-corrected chi connectivity index (χ1v) is 8.84. The van der Waals surface area contributed by atoms with Gasteiger partial charge in [-0.25, -0.2) is 0 Å². The lowest BCUT2D eigenvalue weighted by molar-refractivity contribution is -0.137. The summed E-state index contributed by atoms with van der Waals surface area (Å²) in [6.45, 7) is 5.53. The smallest absolute Gasteiger partial charge is 0.249 e. The van der Waals surface area contributed by atoms with Gasteiger partial charge in [0.25, 0.3) is 0 Å². The average Bonchev–Trinajstić information content (AvgIpc) is 2.73. The highest BCUT2D eigenvalue weighted by molar-refractivity contribution is 5.93. The van der Waals surface area contributed by atoms with E-state index in [-0.39, 0.29) is 11.8 Å². The van der Waals surface area contributed by atoms with Crippen molar-refractivity contribution in [3.63, 3.8) is 0 Å². The predicted molar refractivity (Wildman–Crippen MR) is 97.1 cm³/mol. The van der Waals surface area contributed by atoms with Crippen LogP contribution in [0.4, 0.5) is 0 Å². The standard InChI is InChI=1S/C19H27N3O4/c1-11(2)16(23)18(25)20-12(3)17(24)21-15-14-8-6-5-7-13(14)9-10-22(4)19(15)26/h5-8,11-12,15-16,23H,9-10H2,1-4H3,(H,20,25)(H,21,24)/t12?,15-,16?/m0/s1. The molecular weight excluding hydrogens is 334 g/mol. The quantitative estimate of drug-likeness (QED) is 0.706. The molecule has 3 amide bonds. The summed E-state index contributed by atoms with van der Waals surface area (Å²) in [7, 11) is 1.71. The molecule has 2 unspecified atom stereocenters. The Balaban J connectivity index is 2.13. The summed E-state index contributed by atoms with van der Waals surface area (Å²) in [4.78, 5) is 38.7. The fraction of sp³-hybridized carbons (Fsp3) is 0.526. The summed E-state index contributed by atoms with van der Waals surface area (Å²) in [6.07, 6.45) is -0.464. The second-order valence-corrected chi connectivity index (χ2v) is 7.07. The van der Waals surface area contributed by atoms with Gasteiger partial charge in [0.2, 0.25) is 17.7 Å². The highest BCUT2D eigenvalue weighted by Gasteiger charge is 2.32. The molecule has 0 radical (unpaired) electrons. The molecule has 7 heteroatoms. The zero-order valence-corrected chi connectivity index (χ0v) is 15.7. The Labute approximate surface area is 153 Å². The van der Waals surface area contributed by atoms with Gasteiger partial charge in [-0.2, -0.15) is 0 Å². The number of amides is 3. The maximum Gasteiger partial charge on any atom is 0.249 e. The van der Waals surface area contributed by atoms with Crippen LogP contribution in [-0.2, 0) is 20.8 Å². The van der Waals surface area contributed by atoms with Crippen molar-refractivity contribution in [1.82, 2.24) is 15.5 Å². The minimum atomic E-state index is -1.18. The van der Waals surface area contributed by atoms with Crippen LogP contribution in [0.25, 0.3) is 0 Å². The van der Waals surface area contributed by atoms with E-state index in [1.165, 1.54) is 6.92 Å². The fourth-order valence-electron chi connectivity index (χ4n) is 2.87. The van der Waals surface area contributed by atoms with E-state index >= 15 is 0 Å². The van der Waals surface area contributed by atoms with Gasteiger partial charge < -0.3 is 20.6 Å². The Morgan fingerprint density at radius 3 is 2.50 bits per heavy atom. The van der Waals surface area contributed by atoms with E-state index in [2.05, 4.69) is 10.6 Å². The first-order chi connectivity index (χ1) is 12.2. The normalized spacial score (nSPS) is 19.4. The van der Waals surface area contributed by atoms with E-state index < -0.39 is 30.0 Å². The van der Waals surface area contributed by atoms with Crippen LogP contribution in [0.3, 0.4) is 0 Å². The summed E-state index contributed by atoms with van der Waals surface area (Å²) in [6, 6.07) is 5.86. The summed E-state index contributed by atoms with van der Waals surface area (Å²) in [5, 5.41) is 15.0. The SMILES string of the molecule is CC(NC(=O)C(O)C(C)C)C(=O)N[C@@H]1C(=O)N(C)CCc2ccccc21. The molecule has 0 fully saturated rings. The van der Waals surface area contributed by atoms with Gasteiger partial charge in [-0.1, -0.05) is 38.1 Å². The second-order valence-electron chi connectivity index (χ2n) is 7.07. The number of carbonyl (C=O) groups excluding carboxylic acids is 3. The molecule has 1 aliphatic heterocycles. The van der Waals surface area contributed by atoms with Gasteiger partial charge in [-0.3, -0.25) is 14.4 Å². The second kappa shape index (κ2) is 8.31. The Morgan fingerprint density at radius 2 is 1.85 bits per heavy atom. The third-order valence-electron chi connectivity index (χ3n) is 4.64. The van der Waals surface area contributed by atoms with Crippen molar-refractivity contribution in [2.24, 2.45) is 5.92 Å². The Hall–Kier alpha value is -2.41. The Bertz CT molecular complexity index is 689. The summed E-state index contributed by atoms with van der Waals surface area (Å²) in [5.41, 5.74) is 1.79. The first kappa shape index (κ1) is 19.9. The molecule has 0 bridgehead atoms. The van der Waals surface area contributed by atoms with Crippen LogP contribution in [0.2, 0.25) is 0 Å². The third-order valence-corrected chi connectivity index (χ3v) is 4.64. The molecule has 0 saturated carbocycles. The molecule has 3 atom stereocenters. The van der Waals surface area contributed by atoms with Crippen LogP contribution in [0.15, 0.2) is 24.3 Å². The first-order valence-electron chi connectivity index (χ1n) is 8.84. The van der Waals surface area contributed by atoms with Gasteiger partial charge in [0.15, 0.2) is 0 Å². The van der Waals surface area contributed by atoms with Crippen molar-refractivity contribution >= 4 is 17.7 Å². The van der Waals surface area contributed by atoms with Crippen molar-refractivity contribution < 1.29 is 19.5 Å². The molecule has 0 aliphatic carbocycles. The maximum atomic E-state index is 12.7. The molecule has 7 nitrogen and oxygen atoms in total. The van der Waals surface area contributed by atoms with Crippen molar-refractivity contribution in [2.75, 3.05) is 13.6 Å². The van der Waals surface area contributed by atoms with E-state index in [0.29, 0.717) is 6.54 Å². The number of fused-ring (bicyclic) bond motifs is 1. The lowest BCUT2D eigenvalue weighted by Gasteiger charge is -2.24. The average molecular weight is 361 g/mol. The topological polar surface area (TPSA) is 98.7 Å². The minimum Gasteiger partial charge on any atom is -0.383 e. The number of aliphatic hydroxyl groups excluding tert-OH is 1. The number of hydrogen-bond acceptors (Lipinski definition) is 4. The van der Waals surface area contributed by atoms with Crippen molar-refractivity contribution in [3.05, 3.63) is 35.4 Å². The third kappa shape index (κ3) is 4.40. The number of nitrogens with zero attached hydrogens (tertiary/aromatic N) is 1. The number of likely N-dealkylation sites (N-methyl/N-ethyl adjacent to an activating group) is 1. The molecule has 0 saturated heterocycles. The monoisotopic (exact) mass is 361 g/mol. The van der Waals surface area contributed by atoms with E-state index in [1.807, 2.05) is 24.3 Å². The highest BCUT2D eigenvalue weighted by Crippen LogP contribution is 2.24. The van der Waals surface area contributed by atoms with Crippen LogP contribution >= 0.6 is 0 Å². The predicted octanol–water partition coefficient (Wildman–Crippen LogP) is 0.380. The zero-order valence-electron chi connectivity index (χ0n) is 15.7. The summed E-state index contributed by atoms with van der Waals surface area (Å²) < 4.78 is 0. The van der Waals surface area contributed by atoms with Gasteiger partial charge in [-0.05, 0) is 30.4 Å². The maximum absolute atomic E-state index is 12.7. The Morgan fingerprint density at radius 1 is 1.19 bits per heavy atom. The molecular formula is C19H27N3O4. The van der Waals surface area contributed by atoms with Gasteiger partial charge >= 0.3 is 0 Å². The minimum absolute atomic E-state index is 0.191. The highest BCUT2D eigenvalue weighted by atomic mass is 16.3. The van der Waals surface area contributed by atoms with Crippen LogP contribution in [0.1, 0.15) is 37.9 Å². The molecule has 26 heavy (non-hydrogen) atoms. The molecule has 3 N–H and O–H groups in total. The van der Waals surface area contributed by atoms with E-state index in [0.717, 1.165) is 17.5 Å². The molecule has 2 rings (SSSR count). The van der Waals surface area contributed by atoms with Gasteiger partial charge in [-0.15, -0.1) is 0 Å². The van der Waals surface area contributed by atoms with Crippen LogP contribution in [0.5, 0.6) is 0 Å². The van der Waals surface area contributed by atoms with Crippen LogP contribution < -0.4 is 10.6 Å². The lowest BCUT2D eigenvalue weighted by Crippen LogP contribution is -2.51. The van der Waals surface area contributed by atoms with Crippen molar-refractivity contribution in [3.8, 4) is 0 Å². The van der Waals surface area contributed by atoms with E-state index in [9.17, 15) is 19.5 Å². The number of nitrogens with one attached hydrogen (secondary N) is 2. The lowest BCUT2D eigenvalue weighted by atomic mass is 9.99. The molecule has 0 spiro atoms. The number of carbonyl (C=O) groups is 3. The number of rotatable bonds is 5. The van der Waals surface area contributed by atoms with Gasteiger partial charge in [0.05, 0.1) is 0 Å². The van der Waals surface area contributed by atoms with Crippen molar-refractivity contribution in [2.45, 2.75) is 45.4 Å². The summed E-state index contributed by atoms with van der Waals surface area (Å²) >= 11 is 0. The molecule has 1 heterocycles. The number of hydrogen-bond donors (Lipinski definition) is 3. The fourth-order valence-corrected chi connectivity index (χ4v) is 2.87. The molecule has 0 aromatic heterocycles. The van der Waals surface area contributed by atoms with Crippen LogP contribution in [0, 0.1) is 5.92 Å². The van der Waals surface area contributed by atoms with Gasteiger partial charge in [0.1, 0.15) is 18.2 Å². The van der Waals surface area contributed by atoms with Crippen LogP contribution in [-0.4, -0.2) is 53.5 Å². The zero-order chi connectivity index (χ0) is 19.4. The van der Waals surface area contributed by atoms with E-state index in [1.54, 1.807) is 25.8 Å². The van der Waals surface area contributed by atoms with Crippen molar-refractivity contribution in [1.29, 1.82) is 0 Å². The Kier molecular flexibility index (Phi) is 6.37. The summed E-state index contributed by atoms with van der Waals surface area (Å²) in [5.74, 6) is -1.52. The largest absolute Gasteiger partial charge is 0.383 e. The number of benzene rings is 1. The molecule has 142 valence electrons. The van der Waals surface area contributed by atoms with E-state index in [4.69, 9.17) is 0 Å². The molecule has 1 aromatic carbocycles. The number of aliphatic hydroxyl groups is 1.